The van der Waals surface area contributed by atoms with Crippen LogP contribution in [0.2, 0.25) is 0 Å². The van der Waals surface area contributed by atoms with Crippen LogP contribution in [-0.4, -0.2) is 9.78 Å². The van der Waals surface area contributed by atoms with E-state index in [4.69, 9.17) is 0 Å². The van der Waals surface area contributed by atoms with Crippen LogP contribution in [0.15, 0.2) is 63.6 Å². The number of nitriles is 1. The maximum Gasteiger partial charge on any atom is 0.289 e. The van der Waals surface area contributed by atoms with Crippen molar-refractivity contribution in [1.29, 1.82) is 5.26 Å². The lowest BCUT2D eigenvalue weighted by molar-refractivity contribution is 0.784. The molecule has 1 heterocycles. The summed E-state index contributed by atoms with van der Waals surface area (Å²) < 4.78 is 1.21. The van der Waals surface area contributed by atoms with Gasteiger partial charge in [-0.25, -0.2) is 0 Å². The molecule has 6 heteroatoms. The highest BCUT2D eigenvalue weighted by Crippen LogP contribution is 2.23. The van der Waals surface area contributed by atoms with E-state index in [0.717, 1.165) is 11.1 Å². The van der Waals surface area contributed by atoms with Crippen LogP contribution in [0.25, 0.3) is 5.69 Å². The van der Waals surface area contributed by atoms with E-state index in [2.05, 4.69) is 15.3 Å². The van der Waals surface area contributed by atoms with Gasteiger partial charge in [-0.15, -0.1) is 15.3 Å². The molecule has 0 aliphatic carbocycles. The van der Waals surface area contributed by atoms with Crippen molar-refractivity contribution >= 4 is 11.5 Å². The molecule has 3 rings (SSSR count). The van der Waals surface area contributed by atoms with E-state index < -0.39 is 5.56 Å². The van der Waals surface area contributed by atoms with Gasteiger partial charge in [0.25, 0.3) is 5.56 Å². The van der Waals surface area contributed by atoms with Gasteiger partial charge in [-0.1, -0.05) is 42.3 Å². The van der Waals surface area contributed by atoms with Crippen LogP contribution in [-0.2, 0) is 6.42 Å². The second-order valence-corrected chi connectivity index (χ2v) is 6.23. The van der Waals surface area contributed by atoms with Gasteiger partial charge in [-0.2, -0.15) is 9.94 Å². The molecule has 0 spiro atoms. The number of nitrogens with zero attached hydrogens (tertiary/aromatic N) is 5. The van der Waals surface area contributed by atoms with Crippen LogP contribution >= 0.6 is 0 Å². The van der Waals surface area contributed by atoms with Crippen LogP contribution in [0.1, 0.15) is 29.2 Å². The summed E-state index contributed by atoms with van der Waals surface area (Å²) in [6, 6.07) is 16.9. The topological polar surface area (TPSA) is 83.4 Å². The Morgan fingerprint density at radius 1 is 1.00 bits per heavy atom. The molecule has 0 aliphatic rings. The van der Waals surface area contributed by atoms with Crippen molar-refractivity contribution in [2.24, 2.45) is 10.2 Å². The lowest BCUT2D eigenvalue weighted by Gasteiger charge is -2.10. The second-order valence-electron chi connectivity index (χ2n) is 6.23. The molecule has 6 nitrogen and oxygen atoms in total. The summed E-state index contributed by atoms with van der Waals surface area (Å²) in [4.78, 5) is 12.7. The van der Waals surface area contributed by atoms with Crippen molar-refractivity contribution in [3.63, 3.8) is 0 Å². The smallest absolute Gasteiger partial charge is 0.266 e. The van der Waals surface area contributed by atoms with Crippen molar-refractivity contribution < 1.29 is 0 Å². The maximum atomic E-state index is 12.7. The molecule has 0 atom stereocenters. The standard InChI is InChI=1S/C21H19N5O/c1-4-18-19(13-22)21(27)26(17-11-7-15(3)8-12-17)25-20(18)24-23-16-9-5-14(2)6-10-16/h5-12H,4H2,1-3H3. The van der Waals surface area contributed by atoms with Crippen molar-refractivity contribution in [2.45, 2.75) is 27.2 Å². The largest absolute Gasteiger partial charge is 0.289 e. The summed E-state index contributed by atoms with van der Waals surface area (Å²) in [5, 5.41) is 22.4. The Labute approximate surface area is 157 Å². The van der Waals surface area contributed by atoms with Crippen molar-refractivity contribution in [3.05, 3.63) is 81.1 Å². The number of hydrogen-bond acceptors (Lipinski definition) is 5. The Hall–Kier alpha value is -3.59. The molecule has 3 aromatic rings. The molecule has 134 valence electrons. The first-order chi connectivity index (χ1) is 13.0. The lowest BCUT2D eigenvalue weighted by atomic mass is 10.1. The molecule has 0 bridgehead atoms. The minimum absolute atomic E-state index is 0.0472. The fraction of sp³-hybridized carbons (Fsp3) is 0.190. The van der Waals surface area contributed by atoms with Crippen LogP contribution in [0, 0.1) is 25.2 Å². The minimum atomic E-state index is -0.451. The number of benzene rings is 2. The highest BCUT2D eigenvalue weighted by Gasteiger charge is 2.17. The molecule has 0 unspecified atom stereocenters. The van der Waals surface area contributed by atoms with Crippen molar-refractivity contribution in [1.82, 2.24) is 9.78 Å². The van der Waals surface area contributed by atoms with Gasteiger partial charge < -0.3 is 0 Å². The third-order valence-corrected chi connectivity index (χ3v) is 4.21. The van der Waals surface area contributed by atoms with Gasteiger partial charge in [0.1, 0.15) is 11.6 Å². The van der Waals surface area contributed by atoms with Gasteiger partial charge in [0, 0.05) is 5.56 Å². The van der Waals surface area contributed by atoms with Gasteiger partial charge >= 0.3 is 0 Å². The Bertz CT molecular complexity index is 1090. The Kier molecular flexibility index (Phi) is 5.23. The van der Waals surface area contributed by atoms with E-state index >= 15 is 0 Å². The summed E-state index contributed by atoms with van der Waals surface area (Å²) in [5.41, 5.74) is 3.55. The van der Waals surface area contributed by atoms with Crippen LogP contribution in [0.5, 0.6) is 0 Å². The van der Waals surface area contributed by atoms with Crippen LogP contribution in [0.3, 0.4) is 0 Å². The van der Waals surface area contributed by atoms with E-state index in [0.29, 0.717) is 23.4 Å². The molecular formula is C21H19N5O. The zero-order valence-electron chi connectivity index (χ0n) is 15.5. The number of azo groups is 1. The first-order valence-corrected chi connectivity index (χ1v) is 8.65. The van der Waals surface area contributed by atoms with Crippen molar-refractivity contribution in [3.8, 4) is 11.8 Å². The first kappa shape index (κ1) is 18.2. The summed E-state index contributed by atoms with van der Waals surface area (Å²) in [5.74, 6) is 0.273. The van der Waals surface area contributed by atoms with Gasteiger partial charge in [0.05, 0.1) is 11.4 Å². The highest BCUT2D eigenvalue weighted by atomic mass is 16.1. The average molecular weight is 357 g/mol. The van der Waals surface area contributed by atoms with Crippen LogP contribution < -0.4 is 5.56 Å². The summed E-state index contributed by atoms with van der Waals surface area (Å²) in [6.07, 6.45) is 0.460. The average Bonchev–Trinajstić information content (AvgIpc) is 2.68. The molecule has 0 aliphatic heterocycles. The predicted octanol–water partition coefficient (Wildman–Crippen LogP) is 4.70. The molecule has 1 aromatic heterocycles. The van der Waals surface area contributed by atoms with Gasteiger partial charge in [0.2, 0.25) is 0 Å². The predicted molar refractivity (Wildman–Crippen MR) is 104 cm³/mol. The quantitative estimate of drug-likeness (QED) is 0.635. The monoisotopic (exact) mass is 357 g/mol. The Morgan fingerprint density at radius 3 is 2.15 bits per heavy atom. The molecule has 0 radical (unpaired) electrons. The molecule has 0 saturated carbocycles. The van der Waals surface area contributed by atoms with Crippen LogP contribution in [0.4, 0.5) is 11.5 Å². The Balaban J connectivity index is 2.16. The third kappa shape index (κ3) is 3.82. The SMILES string of the molecule is CCc1c(N=Nc2ccc(C)cc2)nn(-c2ccc(C)cc2)c(=O)c1C#N. The highest BCUT2D eigenvalue weighted by molar-refractivity contribution is 5.50. The minimum Gasteiger partial charge on any atom is -0.266 e. The van der Waals surface area contributed by atoms with E-state index in [1.54, 1.807) is 12.1 Å². The number of hydrogen-bond donors (Lipinski definition) is 0. The molecule has 0 amide bonds. The van der Waals surface area contributed by atoms with Gasteiger partial charge in [0.15, 0.2) is 5.82 Å². The first-order valence-electron chi connectivity index (χ1n) is 8.65. The third-order valence-electron chi connectivity index (χ3n) is 4.21. The Morgan fingerprint density at radius 2 is 1.59 bits per heavy atom. The lowest BCUT2D eigenvalue weighted by Crippen LogP contribution is -2.25. The number of aryl methyl sites for hydroxylation is 2. The van der Waals surface area contributed by atoms with E-state index in [9.17, 15) is 10.1 Å². The zero-order chi connectivity index (χ0) is 19.4. The molecule has 0 fully saturated rings. The maximum absolute atomic E-state index is 12.7. The fourth-order valence-corrected chi connectivity index (χ4v) is 2.66. The zero-order valence-corrected chi connectivity index (χ0v) is 15.5. The fourth-order valence-electron chi connectivity index (χ4n) is 2.66. The molecule has 0 saturated heterocycles. The van der Waals surface area contributed by atoms with Gasteiger partial charge in [-0.3, -0.25) is 4.79 Å². The normalized spacial score (nSPS) is 10.9. The van der Waals surface area contributed by atoms with Crippen molar-refractivity contribution in [2.75, 3.05) is 0 Å². The number of aromatic nitrogens is 2. The van der Waals surface area contributed by atoms with E-state index in [-0.39, 0.29) is 11.4 Å². The number of rotatable bonds is 4. The summed E-state index contributed by atoms with van der Waals surface area (Å²) in [6.45, 7) is 5.81. The molecule has 27 heavy (non-hydrogen) atoms. The second kappa shape index (κ2) is 7.75. The molecular weight excluding hydrogens is 338 g/mol. The van der Waals surface area contributed by atoms with E-state index in [1.807, 2.05) is 63.2 Å². The summed E-state index contributed by atoms with van der Waals surface area (Å²) in [7, 11) is 0. The summed E-state index contributed by atoms with van der Waals surface area (Å²) >= 11 is 0. The van der Waals surface area contributed by atoms with E-state index in [1.165, 1.54) is 4.68 Å². The molecule has 2 aromatic carbocycles. The van der Waals surface area contributed by atoms with Gasteiger partial charge in [-0.05, 0) is 44.5 Å². The molecule has 0 N–H and O–H groups in total.